The summed E-state index contributed by atoms with van der Waals surface area (Å²) >= 11 is 0. The van der Waals surface area contributed by atoms with Crippen molar-refractivity contribution in [2.24, 2.45) is 0 Å². The number of hydrogen-bond donors (Lipinski definition) is 1. The van der Waals surface area contributed by atoms with Crippen LogP contribution >= 0.6 is 0 Å². The van der Waals surface area contributed by atoms with Gasteiger partial charge in [0.15, 0.2) is 12.4 Å². The number of carbonyl (C=O) groups is 1. The third-order valence-corrected chi connectivity index (χ3v) is 2.61. The van der Waals surface area contributed by atoms with E-state index in [-0.39, 0.29) is 5.70 Å². The summed E-state index contributed by atoms with van der Waals surface area (Å²) in [6, 6.07) is 3.31. The summed E-state index contributed by atoms with van der Waals surface area (Å²) in [7, 11) is 3.66. The molecule has 1 heterocycles. The molecule has 0 saturated carbocycles. The van der Waals surface area contributed by atoms with Crippen molar-refractivity contribution >= 4 is 17.2 Å². The highest BCUT2D eigenvalue weighted by Gasteiger charge is 2.63. The molecule has 6 heteroatoms. The molecule has 0 unspecified atom stereocenters. The van der Waals surface area contributed by atoms with E-state index in [9.17, 15) is 13.6 Å². The van der Waals surface area contributed by atoms with Gasteiger partial charge in [-0.15, -0.1) is 0 Å². The van der Waals surface area contributed by atoms with Gasteiger partial charge in [-0.1, -0.05) is 0 Å². The Morgan fingerprint density at radius 3 is 2.24 bits per heavy atom. The van der Waals surface area contributed by atoms with E-state index in [1.54, 1.807) is 12.1 Å². The lowest BCUT2D eigenvalue weighted by Gasteiger charge is -2.21. The summed E-state index contributed by atoms with van der Waals surface area (Å²) in [5.41, 5.74) is 0.486. The summed E-state index contributed by atoms with van der Waals surface area (Å²) in [6.07, 6.45) is 2.90. The fraction of sp³-hybridized carbons (Fsp3) is 0.273. The number of alkyl halides is 2. The van der Waals surface area contributed by atoms with Crippen LogP contribution in [0.15, 0.2) is 30.3 Å². The van der Waals surface area contributed by atoms with Crippen LogP contribution in [0.5, 0.6) is 0 Å². The maximum absolute atomic E-state index is 12.8. The summed E-state index contributed by atoms with van der Waals surface area (Å²) in [5, 5.41) is 9.12. The monoisotopic (exact) mass is 241 g/mol. The Bertz CT molecular complexity index is 507. The van der Waals surface area contributed by atoms with Gasteiger partial charge in [0, 0.05) is 31.9 Å². The van der Waals surface area contributed by atoms with Crippen molar-refractivity contribution in [1.82, 2.24) is 0 Å². The number of Topliss-reactive ketones (excluding diaryl/α,β-unsaturated/α-hetero) is 1. The molecule has 0 amide bonds. The van der Waals surface area contributed by atoms with Crippen LogP contribution in [0.3, 0.4) is 0 Å². The number of halogens is 2. The zero-order valence-electron chi connectivity index (χ0n) is 9.32. The minimum Gasteiger partial charge on any atom is -0.501 e. The number of aliphatic hydroxyl groups is 1. The van der Waals surface area contributed by atoms with Gasteiger partial charge in [-0.25, -0.2) is 0 Å². The second kappa shape index (κ2) is 3.51. The standard InChI is InChI=1S/C11H10F2N2O2/c1-14(2)7-3-5-15(6-4-7)8-9(16)11(12,13)10(8)17/h3-6H,1-2H3/p+1. The van der Waals surface area contributed by atoms with Gasteiger partial charge in [0.2, 0.25) is 5.76 Å². The zero-order valence-corrected chi connectivity index (χ0v) is 9.32. The second-order valence-corrected chi connectivity index (χ2v) is 3.96. The number of carbonyl (C=O) groups excluding carboxylic acids is 1. The highest BCUT2D eigenvalue weighted by molar-refractivity contribution is 6.24. The minimum atomic E-state index is -3.73. The molecule has 4 nitrogen and oxygen atoms in total. The molecule has 0 bridgehead atoms. The molecule has 1 aromatic rings. The molecular formula is C11H11F2N2O2+. The fourth-order valence-corrected chi connectivity index (χ4v) is 1.56. The highest BCUT2D eigenvalue weighted by Crippen LogP contribution is 2.38. The largest absolute Gasteiger partial charge is 0.501 e. The Balaban J connectivity index is 2.38. The molecule has 2 rings (SSSR count). The number of ketones is 1. The van der Waals surface area contributed by atoms with E-state index >= 15 is 0 Å². The van der Waals surface area contributed by atoms with Crippen LogP contribution in [0.4, 0.5) is 14.5 Å². The first-order valence-corrected chi connectivity index (χ1v) is 4.91. The van der Waals surface area contributed by atoms with Crippen molar-refractivity contribution in [3.8, 4) is 0 Å². The van der Waals surface area contributed by atoms with E-state index in [0.717, 1.165) is 5.69 Å². The first kappa shape index (κ1) is 11.5. The molecule has 17 heavy (non-hydrogen) atoms. The van der Waals surface area contributed by atoms with Gasteiger partial charge >= 0.3 is 17.4 Å². The van der Waals surface area contributed by atoms with Crippen LogP contribution in [0.25, 0.3) is 5.70 Å². The maximum atomic E-state index is 12.8. The quantitative estimate of drug-likeness (QED) is 0.785. The lowest BCUT2D eigenvalue weighted by molar-refractivity contribution is -0.582. The van der Waals surface area contributed by atoms with Gasteiger partial charge in [0.25, 0.3) is 0 Å². The summed E-state index contributed by atoms with van der Waals surface area (Å²) in [5.74, 6) is -6.27. The zero-order chi connectivity index (χ0) is 12.8. The lowest BCUT2D eigenvalue weighted by atomic mass is 9.96. The van der Waals surface area contributed by atoms with Crippen molar-refractivity contribution in [3.63, 3.8) is 0 Å². The van der Waals surface area contributed by atoms with Crippen molar-refractivity contribution in [1.29, 1.82) is 0 Å². The van der Waals surface area contributed by atoms with Crippen LogP contribution in [0.1, 0.15) is 0 Å². The molecule has 1 N–H and O–H groups in total. The first-order chi connectivity index (χ1) is 7.85. The van der Waals surface area contributed by atoms with Crippen molar-refractivity contribution in [2.45, 2.75) is 5.92 Å². The molecule has 0 saturated heterocycles. The molecule has 1 aliphatic carbocycles. The van der Waals surface area contributed by atoms with Crippen LogP contribution in [0.2, 0.25) is 0 Å². The number of aliphatic hydroxyl groups excluding tert-OH is 1. The number of allylic oxidation sites excluding steroid dienone is 2. The Hall–Kier alpha value is -1.98. The predicted octanol–water partition coefficient (Wildman–Crippen LogP) is 0.985. The van der Waals surface area contributed by atoms with Gasteiger partial charge in [0.05, 0.1) is 0 Å². The Kier molecular flexibility index (Phi) is 2.38. The van der Waals surface area contributed by atoms with Crippen LogP contribution < -0.4 is 9.47 Å². The number of hydrogen-bond acceptors (Lipinski definition) is 3. The predicted molar refractivity (Wildman–Crippen MR) is 56.8 cm³/mol. The SMILES string of the molecule is CN(C)c1cc[n+](C2=C(O)C(F)(F)C2=O)cc1. The van der Waals surface area contributed by atoms with Crippen molar-refractivity contribution in [3.05, 3.63) is 30.3 Å². The third kappa shape index (κ3) is 1.56. The average Bonchev–Trinajstić information content (AvgIpc) is 2.30. The van der Waals surface area contributed by atoms with Crippen LogP contribution in [-0.2, 0) is 4.79 Å². The summed E-state index contributed by atoms with van der Waals surface area (Å²) in [4.78, 5) is 12.9. The van der Waals surface area contributed by atoms with Gasteiger partial charge < -0.3 is 10.0 Å². The summed E-state index contributed by atoms with van der Waals surface area (Å²) in [6.45, 7) is 0. The van der Waals surface area contributed by atoms with E-state index in [1.807, 2.05) is 19.0 Å². The van der Waals surface area contributed by atoms with Crippen molar-refractivity contribution < 1.29 is 23.2 Å². The van der Waals surface area contributed by atoms with Gasteiger partial charge in [0.1, 0.15) is 0 Å². The number of aromatic nitrogens is 1. The molecule has 0 radical (unpaired) electrons. The number of pyridine rings is 1. The first-order valence-electron chi connectivity index (χ1n) is 4.91. The van der Waals surface area contributed by atoms with Crippen LogP contribution in [-0.4, -0.2) is 30.9 Å². The van der Waals surface area contributed by atoms with Crippen LogP contribution in [0, 0.1) is 0 Å². The molecule has 0 spiro atoms. The van der Waals surface area contributed by atoms with Gasteiger partial charge in [-0.05, 0) is 0 Å². The highest BCUT2D eigenvalue weighted by atomic mass is 19.3. The van der Waals surface area contributed by atoms with Crippen molar-refractivity contribution in [2.75, 3.05) is 19.0 Å². The molecule has 0 aliphatic heterocycles. The second-order valence-electron chi connectivity index (χ2n) is 3.96. The summed E-state index contributed by atoms with van der Waals surface area (Å²) < 4.78 is 26.8. The third-order valence-electron chi connectivity index (χ3n) is 2.61. The number of nitrogens with zero attached hydrogens (tertiary/aromatic N) is 2. The fourth-order valence-electron chi connectivity index (χ4n) is 1.56. The minimum absolute atomic E-state index is 0.375. The van der Waals surface area contributed by atoms with Gasteiger partial charge in [-0.3, -0.25) is 4.79 Å². The molecule has 0 atom stereocenters. The average molecular weight is 241 g/mol. The Labute approximate surface area is 96.4 Å². The number of anilines is 1. The van der Waals surface area contributed by atoms with E-state index in [2.05, 4.69) is 0 Å². The van der Waals surface area contributed by atoms with E-state index in [4.69, 9.17) is 5.11 Å². The van der Waals surface area contributed by atoms with E-state index in [0.29, 0.717) is 0 Å². The molecule has 1 aromatic heterocycles. The molecule has 0 aromatic carbocycles. The molecule has 1 aliphatic rings. The number of rotatable bonds is 2. The lowest BCUT2D eigenvalue weighted by Crippen LogP contribution is -2.53. The molecular weight excluding hydrogens is 230 g/mol. The maximum Gasteiger partial charge on any atom is 0.378 e. The normalized spacial score (nSPS) is 18.0. The van der Waals surface area contributed by atoms with Gasteiger partial charge in [-0.2, -0.15) is 13.3 Å². The Morgan fingerprint density at radius 2 is 1.82 bits per heavy atom. The molecule has 90 valence electrons. The Morgan fingerprint density at radius 1 is 1.29 bits per heavy atom. The van der Waals surface area contributed by atoms with E-state index < -0.39 is 17.5 Å². The topological polar surface area (TPSA) is 44.4 Å². The van der Waals surface area contributed by atoms with E-state index in [1.165, 1.54) is 17.0 Å². The molecule has 0 fully saturated rings. The smallest absolute Gasteiger partial charge is 0.378 e.